The van der Waals surface area contributed by atoms with Crippen LogP contribution in [-0.2, 0) is 14.2 Å². The number of carbonyl (C=O) groups is 2. The SMILES string of the molecule is COC(C)(OC)OC(=O)Nc1nc(C)c(C(=O)O)s1. The minimum atomic E-state index is -1.52. The first-order valence-electron chi connectivity index (χ1n) is 5.12. The minimum absolute atomic E-state index is 0.0524. The van der Waals surface area contributed by atoms with Gasteiger partial charge in [0.1, 0.15) is 4.88 Å². The maximum Gasteiger partial charge on any atom is 0.417 e. The molecule has 1 heterocycles. The molecule has 0 radical (unpaired) electrons. The number of hydrogen-bond acceptors (Lipinski definition) is 7. The molecule has 1 amide bonds. The molecule has 0 unspecified atom stereocenters. The smallest absolute Gasteiger partial charge is 0.417 e. The molecule has 8 nitrogen and oxygen atoms in total. The molecular formula is C10H14N2O6S. The second-order valence-electron chi connectivity index (χ2n) is 3.52. The Hall–Kier alpha value is -1.71. The first kappa shape index (κ1) is 15.3. The summed E-state index contributed by atoms with van der Waals surface area (Å²) in [6.45, 7) is 2.94. The Kier molecular flexibility index (Phi) is 4.81. The number of methoxy groups -OCH3 is 2. The number of aromatic carboxylic acids is 1. The lowest BCUT2D eigenvalue weighted by atomic mass is 10.4. The number of thiazole rings is 1. The second-order valence-corrected chi connectivity index (χ2v) is 4.52. The van der Waals surface area contributed by atoms with Crippen LogP contribution in [0, 0.1) is 6.92 Å². The summed E-state index contributed by atoms with van der Waals surface area (Å²) < 4.78 is 14.6. The van der Waals surface area contributed by atoms with Crippen molar-refractivity contribution in [2.45, 2.75) is 19.8 Å². The van der Waals surface area contributed by atoms with Gasteiger partial charge in [0.05, 0.1) is 5.69 Å². The van der Waals surface area contributed by atoms with Crippen molar-refractivity contribution in [3.63, 3.8) is 0 Å². The summed E-state index contributed by atoms with van der Waals surface area (Å²) in [6.07, 6.45) is -0.864. The van der Waals surface area contributed by atoms with Gasteiger partial charge < -0.3 is 19.3 Å². The topological polar surface area (TPSA) is 107 Å². The van der Waals surface area contributed by atoms with Crippen LogP contribution in [0.5, 0.6) is 0 Å². The van der Waals surface area contributed by atoms with Crippen molar-refractivity contribution < 1.29 is 28.9 Å². The monoisotopic (exact) mass is 290 g/mol. The van der Waals surface area contributed by atoms with E-state index >= 15 is 0 Å². The van der Waals surface area contributed by atoms with Crippen LogP contribution in [0.2, 0.25) is 0 Å². The number of aryl methyl sites for hydroxylation is 1. The number of carbonyl (C=O) groups excluding carboxylic acids is 1. The fourth-order valence-corrected chi connectivity index (χ4v) is 1.89. The maximum absolute atomic E-state index is 11.6. The van der Waals surface area contributed by atoms with E-state index in [1.54, 1.807) is 0 Å². The van der Waals surface area contributed by atoms with Crippen LogP contribution in [-0.4, -0.2) is 42.3 Å². The molecule has 9 heteroatoms. The van der Waals surface area contributed by atoms with Crippen molar-refractivity contribution >= 4 is 28.5 Å². The number of anilines is 1. The zero-order chi connectivity index (χ0) is 14.6. The molecule has 1 aromatic heterocycles. The minimum Gasteiger partial charge on any atom is -0.477 e. The van der Waals surface area contributed by atoms with Crippen molar-refractivity contribution in [1.82, 2.24) is 4.98 Å². The molecule has 0 spiro atoms. The lowest BCUT2D eigenvalue weighted by Gasteiger charge is -2.24. The summed E-state index contributed by atoms with van der Waals surface area (Å²) in [4.78, 5) is 26.3. The van der Waals surface area contributed by atoms with E-state index in [9.17, 15) is 9.59 Å². The summed E-state index contributed by atoms with van der Waals surface area (Å²) in [5.41, 5.74) is 0.314. The van der Waals surface area contributed by atoms with Gasteiger partial charge in [-0.3, -0.25) is 5.32 Å². The number of aromatic nitrogens is 1. The van der Waals surface area contributed by atoms with E-state index in [1.807, 2.05) is 0 Å². The fourth-order valence-electron chi connectivity index (χ4n) is 1.10. The average Bonchev–Trinajstić information content (AvgIpc) is 2.69. The van der Waals surface area contributed by atoms with Gasteiger partial charge in [-0.2, -0.15) is 0 Å². The molecule has 0 aliphatic rings. The van der Waals surface area contributed by atoms with Gasteiger partial charge in [-0.15, -0.1) is 0 Å². The van der Waals surface area contributed by atoms with Crippen molar-refractivity contribution in [3.05, 3.63) is 10.6 Å². The highest BCUT2D eigenvalue weighted by molar-refractivity contribution is 7.17. The molecular weight excluding hydrogens is 276 g/mol. The average molecular weight is 290 g/mol. The van der Waals surface area contributed by atoms with E-state index in [4.69, 9.17) is 19.3 Å². The molecule has 0 atom stereocenters. The van der Waals surface area contributed by atoms with E-state index < -0.39 is 18.0 Å². The molecule has 0 aromatic carbocycles. The van der Waals surface area contributed by atoms with Gasteiger partial charge in [-0.25, -0.2) is 14.6 Å². The fraction of sp³-hybridized carbons (Fsp3) is 0.500. The largest absolute Gasteiger partial charge is 0.477 e. The van der Waals surface area contributed by atoms with Crippen LogP contribution in [0.1, 0.15) is 22.3 Å². The normalized spacial score (nSPS) is 11.2. The van der Waals surface area contributed by atoms with Gasteiger partial charge in [-0.1, -0.05) is 11.3 Å². The molecule has 0 bridgehead atoms. The third-order valence-corrected chi connectivity index (χ3v) is 3.28. The standard InChI is InChI=1S/C10H14N2O6S/c1-5-6(7(13)14)19-8(11-5)12-9(15)18-10(2,16-3)17-4/h1-4H3,(H,13,14)(H,11,12,15). The van der Waals surface area contributed by atoms with Crippen LogP contribution in [0.3, 0.4) is 0 Å². The number of rotatable bonds is 5. The van der Waals surface area contributed by atoms with E-state index in [0.29, 0.717) is 5.69 Å². The van der Waals surface area contributed by atoms with Crippen molar-refractivity contribution in [3.8, 4) is 0 Å². The Balaban J connectivity index is 2.72. The lowest BCUT2D eigenvalue weighted by molar-refractivity contribution is -0.321. The number of ether oxygens (including phenoxy) is 3. The molecule has 0 aliphatic carbocycles. The van der Waals surface area contributed by atoms with E-state index in [1.165, 1.54) is 28.1 Å². The second kappa shape index (κ2) is 5.95. The molecule has 0 saturated carbocycles. The number of nitrogens with zero attached hydrogens (tertiary/aromatic N) is 1. The Labute approximate surface area is 113 Å². The third kappa shape index (κ3) is 3.88. The first-order valence-corrected chi connectivity index (χ1v) is 5.94. The molecule has 106 valence electrons. The summed E-state index contributed by atoms with van der Waals surface area (Å²) in [5, 5.41) is 11.3. The molecule has 1 aromatic rings. The molecule has 0 fully saturated rings. The molecule has 0 saturated heterocycles. The number of carboxylic acid groups (broad SMARTS) is 1. The van der Waals surface area contributed by atoms with Crippen LogP contribution in [0.15, 0.2) is 0 Å². The zero-order valence-corrected chi connectivity index (χ0v) is 11.7. The zero-order valence-electron chi connectivity index (χ0n) is 10.8. The van der Waals surface area contributed by atoms with Gasteiger partial charge in [0.2, 0.25) is 0 Å². The molecule has 0 aliphatic heterocycles. The molecule has 2 N–H and O–H groups in total. The summed E-state index contributed by atoms with van der Waals surface area (Å²) in [7, 11) is 2.62. The highest BCUT2D eigenvalue weighted by Crippen LogP contribution is 2.23. The number of hydrogen-bond donors (Lipinski definition) is 2. The number of amides is 1. The maximum atomic E-state index is 11.6. The van der Waals surface area contributed by atoms with Gasteiger partial charge in [0.25, 0.3) is 0 Å². The van der Waals surface area contributed by atoms with Crippen molar-refractivity contribution in [2.75, 3.05) is 19.5 Å². The van der Waals surface area contributed by atoms with Crippen LogP contribution >= 0.6 is 11.3 Å². The number of nitrogens with one attached hydrogen (secondary N) is 1. The first-order chi connectivity index (χ1) is 8.81. The Morgan fingerprint density at radius 3 is 2.37 bits per heavy atom. The molecule has 1 rings (SSSR count). The van der Waals surface area contributed by atoms with E-state index in [0.717, 1.165) is 11.3 Å². The highest BCUT2D eigenvalue weighted by Gasteiger charge is 2.28. The predicted octanol–water partition coefficient (Wildman–Crippen LogP) is 1.66. The van der Waals surface area contributed by atoms with E-state index in [-0.39, 0.29) is 10.0 Å². The quantitative estimate of drug-likeness (QED) is 0.794. The lowest BCUT2D eigenvalue weighted by Crippen LogP contribution is -2.37. The Morgan fingerprint density at radius 1 is 1.37 bits per heavy atom. The summed E-state index contributed by atoms with van der Waals surface area (Å²) in [6, 6.07) is 0. The van der Waals surface area contributed by atoms with Crippen molar-refractivity contribution in [1.29, 1.82) is 0 Å². The van der Waals surface area contributed by atoms with Crippen LogP contribution in [0.4, 0.5) is 9.93 Å². The van der Waals surface area contributed by atoms with Gasteiger partial charge >= 0.3 is 18.0 Å². The molecule has 19 heavy (non-hydrogen) atoms. The Bertz CT molecular complexity index is 482. The van der Waals surface area contributed by atoms with Crippen LogP contribution in [0.25, 0.3) is 0 Å². The summed E-state index contributed by atoms with van der Waals surface area (Å²) >= 11 is 0.833. The van der Waals surface area contributed by atoms with Gasteiger partial charge in [0.15, 0.2) is 5.13 Å². The van der Waals surface area contributed by atoms with Gasteiger partial charge in [0, 0.05) is 21.1 Å². The summed E-state index contributed by atoms with van der Waals surface area (Å²) in [5.74, 6) is -2.62. The third-order valence-electron chi connectivity index (χ3n) is 2.22. The number of carboxylic acids is 1. The highest BCUT2D eigenvalue weighted by atomic mass is 32.1. The predicted molar refractivity (Wildman–Crippen MR) is 66.3 cm³/mol. The van der Waals surface area contributed by atoms with Crippen LogP contribution < -0.4 is 5.32 Å². The Morgan fingerprint density at radius 2 is 1.95 bits per heavy atom. The van der Waals surface area contributed by atoms with E-state index in [2.05, 4.69) is 10.3 Å². The van der Waals surface area contributed by atoms with Gasteiger partial charge in [-0.05, 0) is 6.92 Å². The van der Waals surface area contributed by atoms with Crippen molar-refractivity contribution in [2.24, 2.45) is 0 Å².